The van der Waals surface area contributed by atoms with Crippen molar-refractivity contribution in [2.24, 2.45) is 0 Å². The van der Waals surface area contributed by atoms with E-state index in [2.05, 4.69) is 4.98 Å². The highest BCUT2D eigenvalue weighted by molar-refractivity contribution is 7.17. The molecule has 0 aliphatic rings. The summed E-state index contributed by atoms with van der Waals surface area (Å²) < 4.78 is 4.88. The fourth-order valence-corrected chi connectivity index (χ4v) is 3.06. The van der Waals surface area contributed by atoms with Gasteiger partial charge in [-0.1, -0.05) is 23.2 Å². The lowest BCUT2D eigenvalue weighted by molar-refractivity contribution is 0.0438. The molecule has 2 aromatic rings. The number of ether oxygens (including phenoxy) is 1. The van der Waals surface area contributed by atoms with Crippen LogP contribution in [0, 0.1) is 6.92 Å². The molecule has 2 rings (SSSR count). The quantitative estimate of drug-likeness (QED) is 0.870. The van der Waals surface area contributed by atoms with Crippen molar-refractivity contribution in [2.45, 2.75) is 6.92 Å². The van der Waals surface area contributed by atoms with Crippen molar-refractivity contribution in [3.63, 3.8) is 0 Å². The number of aromatic nitrogens is 1. The van der Waals surface area contributed by atoms with Crippen LogP contribution >= 0.6 is 34.5 Å². The normalized spacial score (nSPS) is 10.6. The minimum atomic E-state index is -0.492. The van der Waals surface area contributed by atoms with E-state index in [0.29, 0.717) is 25.6 Å². The largest absolute Gasteiger partial charge is 0.459 e. The van der Waals surface area contributed by atoms with Gasteiger partial charge in [-0.25, -0.2) is 9.78 Å². The second kappa shape index (κ2) is 6.54. The first-order valence-corrected chi connectivity index (χ1v) is 7.30. The summed E-state index contributed by atoms with van der Waals surface area (Å²) in [5, 5.41) is 10.3. The summed E-state index contributed by atoms with van der Waals surface area (Å²) in [4.78, 5) is 16.5. The fraction of sp³-hybridized carbons (Fsp3) is 0.231. The third-order valence-corrected chi connectivity index (χ3v) is 4.04. The Labute approximate surface area is 129 Å². The molecule has 1 aromatic carbocycles. The Morgan fingerprint density at radius 1 is 1.35 bits per heavy atom. The van der Waals surface area contributed by atoms with E-state index in [0.717, 1.165) is 5.56 Å². The first kappa shape index (κ1) is 15.3. The van der Waals surface area contributed by atoms with Crippen molar-refractivity contribution in [1.82, 2.24) is 4.98 Å². The number of rotatable bonds is 4. The number of halogens is 2. The highest BCUT2D eigenvalue weighted by Gasteiger charge is 2.17. The van der Waals surface area contributed by atoms with E-state index in [1.54, 1.807) is 25.1 Å². The molecule has 0 atom stereocenters. The SMILES string of the molecule is Cc1nc(-c2cc(Cl)cc(Cl)c2)sc1C(=O)OCCO. The third kappa shape index (κ3) is 3.49. The average molecular weight is 332 g/mol. The molecule has 1 aromatic heterocycles. The Hall–Kier alpha value is -1.14. The molecule has 1 heterocycles. The summed E-state index contributed by atoms with van der Waals surface area (Å²) in [6, 6.07) is 5.09. The van der Waals surface area contributed by atoms with Crippen LogP contribution in [0.3, 0.4) is 0 Å². The van der Waals surface area contributed by atoms with Crippen LogP contribution in [-0.4, -0.2) is 29.3 Å². The Balaban J connectivity index is 2.33. The molecule has 0 spiro atoms. The van der Waals surface area contributed by atoms with E-state index < -0.39 is 5.97 Å². The van der Waals surface area contributed by atoms with E-state index >= 15 is 0 Å². The zero-order chi connectivity index (χ0) is 14.7. The maximum absolute atomic E-state index is 11.8. The first-order valence-electron chi connectivity index (χ1n) is 5.73. The number of aliphatic hydroxyl groups excluding tert-OH is 1. The van der Waals surface area contributed by atoms with Crippen molar-refractivity contribution < 1.29 is 14.6 Å². The molecular formula is C13H11Cl2NO3S. The summed E-state index contributed by atoms with van der Waals surface area (Å²) in [6.45, 7) is 1.48. The predicted molar refractivity (Wildman–Crippen MR) is 79.7 cm³/mol. The number of carbonyl (C=O) groups excluding carboxylic acids is 1. The van der Waals surface area contributed by atoms with Gasteiger partial charge in [-0.2, -0.15) is 0 Å². The molecule has 0 amide bonds. The van der Waals surface area contributed by atoms with Gasteiger partial charge < -0.3 is 9.84 Å². The van der Waals surface area contributed by atoms with Gasteiger partial charge in [0.1, 0.15) is 16.5 Å². The number of nitrogens with zero attached hydrogens (tertiary/aromatic N) is 1. The highest BCUT2D eigenvalue weighted by atomic mass is 35.5. The average Bonchev–Trinajstić information content (AvgIpc) is 2.77. The highest BCUT2D eigenvalue weighted by Crippen LogP contribution is 2.32. The monoisotopic (exact) mass is 331 g/mol. The van der Waals surface area contributed by atoms with Gasteiger partial charge in [0, 0.05) is 15.6 Å². The number of carbonyl (C=O) groups is 1. The zero-order valence-corrected chi connectivity index (χ0v) is 12.8. The number of esters is 1. The van der Waals surface area contributed by atoms with Gasteiger partial charge in [-0.15, -0.1) is 11.3 Å². The Kier molecular flexibility index (Phi) is 4.99. The number of aliphatic hydroxyl groups is 1. The lowest BCUT2D eigenvalue weighted by Gasteiger charge is -2.00. The molecule has 0 aliphatic carbocycles. The van der Waals surface area contributed by atoms with Gasteiger partial charge in [0.05, 0.1) is 12.3 Å². The lowest BCUT2D eigenvalue weighted by atomic mass is 10.2. The van der Waals surface area contributed by atoms with Gasteiger partial charge in [-0.05, 0) is 25.1 Å². The van der Waals surface area contributed by atoms with Crippen LogP contribution in [0.2, 0.25) is 10.0 Å². The van der Waals surface area contributed by atoms with Gasteiger partial charge in [-0.3, -0.25) is 0 Å². The fourth-order valence-electron chi connectivity index (χ4n) is 1.59. The molecule has 0 bridgehead atoms. The maximum atomic E-state index is 11.8. The van der Waals surface area contributed by atoms with E-state index in [-0.39, 0.29) is 13.2 Å². The molecule has 0 radical (unpaired) electrons. The molecule has 0 fully saturated rings. The van der Waals surface area contributed by atoms with E-state index in [1.807, 2.05) is 0 Å². The molecule has 0 unspecified atom stereocenters. The summed E-state index contributed by atoms with van der Waals surface area (Å²) >= 11 is 13.1. The van der Waals surface area contributed by atoms with Crippen LogP contribution in [0.25, 0.3) is 10.6 Å². The smallest absolute Gasteiger partial charge is 0.350 e. The molecule has 7 heteroatoms. The van der Waals surface area contributed by atoms with Crippen LogP contribution in [-0.2, 0) is 4.74 Å². The van der Waals surface area contributed by atoms with Crippen LogP contribution in [0.15, 0.2) is 18.2 Å². The van der Waals surface area contributed by atoms with E-state index in [4.69, 9.17) is 33.0 Å². The number of benzene rings is 1. The van der Waals surface area contributed by atoms with Gasteiger partial charge in [0.25, 0.3) is 0 Å². The second-order valence-electron chi connectivity index (χ2n) is 3.95. The van der Waals surface area contributed by atoms with Gasteiger partial charge >= 0.3 is 5.97 Å². The van der Waals surface area contributed by atoms with Crippen molar-refractivity contribution in [3.05, 3.63) is 38.8 Å². The molecule has 106 valence electrons. The number of hydrogen-bond donors (Lipinski definition) is 1. The first-order chi connectivity index (χ1) is 9.51. The van der Waals surface area contributed by atoms with Crippen molar-refractivity contribution >= 4 is 40.5 Å². The molecule has 4 nitrogen and oxygen atoms in total. The van der Waals surface area contributed by atoms with E-state index in [9.17, 15) is 4.79 Å². The van der Waals surface area contributed by atoms with Crippen LogP contribution in [0.4, 0.5) is 0 Å². The summed E-state index contributed by atoms with van der Waals surface area (Å²) in [7, 11) is 0. The summed E-state index contributed by atoms with van der Waals surface area (Å²) in [6.07, 6.45) is 0. The standard InChI is InChI=1S/C13H11Cl2NO3S/c1-7-11(13(18)19-3-2-17)20-12(16-7)8-4-9(14)6-10(15)5-8/h4-6,17H,2-3H2,1H3. The molecule has 0 saturated heterocycles. The molecule has 0 saturated carbocycles. The van der Waals surface area contributed by atoms with Gasteiger partial charge in [0.15, 0.2) is 0 Å². The number of aryl methyl sites for hydroxylation is 1. The molecule has 0 aliphatic heterocycles. The van der Waals surface area contributed by atoms with Crippen LogP contribution in [0.5, 0.6) is 0 Å². The van der Waals surface area contributed by atoms with Crippen molar-refractivity contribution in [2.75, 3.05) is 13.2 Å². The lowest BCUT2D eigenvalue weighted by Crippen LogP contribution is -2.08. The number of hydrogen-bond acceptors (Lipinski definition) is 5. The molecule has 20 heavy (non-hydrogen) atoms. The minimum Gasteiger partial charge on any atom is -0.459 e. The topological polar surface area (TPSA) is 59.4 Å². The predicted octanol–water partition coefficient (Wildman–Crippen LogP) is 3.57. The Bertz CT molecular complexity index is 622. The van der Waals surface area contributed by atoms with Crippen molar-refractivity contribution in [1.29, 1.82) is 0 Å². The second-order valence-corrected chi connectivity index (χ2v) is 5.82. The maximum Gasteiger partial charge on any atom is 0.350 e. The Morgan fingerprint density at radius 3 is 2.60 bits per heavy atom. The van der Waals surface area contributed by atoms with E-state index in [1.165, 1.54) is 11.3 Å². The number of thiazole rings is 1. The third-order valence-electron chi connectivity index (χ3n) is 2.42. The van der Waals surface area contributed by atoms with Crippen molar-refractivity contribution in [3.8, 4) is 10.6 Å². The minimum absolute atomic E-state index is 0.0332. The van der Waals surface area contributed by atoms with Gasteiger partial charge in [0.2, 0.25) is 0 Å². The Morgan fingerprint density at radius 2 is 2.00 bits per heavy atom. The molecule has 1 N–H and O–H groups in total. The summed E-state index contributed by atoms with van der Waals surface area (Å²) in [5.74, 6) is -0.492. The van der Waals surface area contributed by atoms with Crippen LogP contribution in [0.1, 0.15) is 15.4 Å². The zero-order valence-electron chi connectivity index (χ0n) is 10.5. The molecular weight excluding hydrogens is 321 g/mol. The van der Waals surface area contributed by atoms with Crippen LogP contribution < -0.4 is 0 Å². The summed E-state index contributed by atoms with van der Waals surface area (Å²) in [5.41, 5.74) is 1.32.